The van der Waals surface area contributed by atoms with Crippen molar-refractivity contribution in [3.63, 3.8) is 0 Å². The molecule has 3 nitrogen and oxygen atoms in total. The summed E-state index contributed by atoms with van der Waals surface area (Å²) in [6.45, 7) is 1.30. The van der Waals surface area contributed by atoms with E-state index in [0.29, 0.717) is 12.1 Å². The fourth-order valence-corrected chi connectivity index (χ4v) is 2.27. The van der Waals surface area contributed by atoms with E-state index in [9.17, 15) is 21.6 Å². The lowest BCUT2D eigenvalue weighted by atomic mass is 10.1. The van der Waals surface area contributed by atoms with E-state index >= 15 is 0 Å². The van der Waals surface area contributed by atoms with Crippen molar-refractivity contribution >= 4 is 9.84 Å². The number of nitriles is 1. The molecule has 0 unspecified atom stereocenters. The van der Waals surface area contributed by atoms with E-state index < -0.39 is 26.5 Å². The van der Waals surface area contributed by atoms with Crippen LogP contribution in [0.25, 0.3) is 0 Å². The smallest absolute Gasteiger partial charge is 0.224 e. The molecule has 0 aromatic heterocycles. The van der Waals surface area contributed by atoms with E-state index in [2.05, 4.69) is 0 Å². The highest BCUT2D eigenvalue weighted by molar-refractivity contribution is 7.91. The third-order valence-electron chi connectivity index (χ3n) is 2.14. The predicted octanol–water partition coefficient (Wildman–Crippen LogP) is 2.37. The van der Waals surface area contributed by atoms with Gasteiger partial charge in [-0.2, -0.15) is 18.4 Å². The van der Waals surface area contributed by atoms with E-state index in [1.807, 2.05) is 0 Å². The Labute approximate surface area is 96.4 Å². The average Bonchev–Trinajstić information content (AvgIpc) is 2.27. The minimum atomic E-state index is -4.63. The summed E-state index contributed by atoms with van der Waals surface area (Å²) in [5, 5.41) is 8.68. The molecule has 0 aliphatic rings. The zero-order chi connectivity index (χ0) is 13.3. The quantitative estimate of drug-likeness (QED) is 0.823. The van der Waals surface area contributed by atoms with Crippen LogP contribution in [0.15, 0.2) is 23.1 Å². The second-order valence-corrected chi connectivity index (χ2v) is 5.47. The van der Waals surface area contributed by atoms with Gasteiger partial charge in [-0.05, 0) is 18.2 Å². The van der Waals surface area contributed by atoms with E-state index in [4.69, 9.17) is 5.26 Å². The summed E-state index contributed by atoms with van der Waals surface area (Å²) in [7, 11) is -3.85. The van der Waals surface area contributed by atoms with Crippen LogP contribution in [0, 0.1) is 11.3 Å². The molecular weight excluding hydrogens is 255 g/mol. The Morgan fingerprint density at radius 2 is 1.94 bits per heavy atom. The summed E-state index contributed by atoms with van der Waals surface area (Å²) in [5.41, 5.74) is -1.36. The van der Waals surface area contributed by atoms with Gasteiger partial charge in [0.15, 0.2) is 9.84 Å². The van der Waals surface area contributed by atoms with Gasteiger partial charge < -0.3 is 0 Å². The molecule has 17 heavy (non-hydrogen) atoms. The van der Waals surface area contributed by atoms with Gasteiger partial charge in [-0.15, -0.1) is 0 Å². The van der Waals surface area contributed by atoms with Crippen molar-refractivity contribution in [2.75, 3.05) is 5.75 Å². The number of sulfone groups is 1. The van der Waals surface area contributed by atoms with E-state index in [1.54, 1.807) is 6.07 Å². The van der Waals surface area contributed by atoms with Crippen molar-refractivity contribution in [2.45, 2.75) is 18.0 Å². The number of nitrogens with zero attached hydrogens (tertiary/aromatic N) is 1. The molecule has 0 saturated heterocycles. The van der Waals surface area contributed by atoms with Crippen LogP contribution in [-0.4, -0.2) is 14.2 Å². The van der Waals surface area contributed by atoms with Crippen molar-refractivity contribution in [3.05, 3.63) is 29.3 Å². The highest BCUT2D eigenvalue weighted by atomic mass is 32.2. The third-order valence-corrected chi connectivity index (χ3v) is 3.91. The first kappa shape index (κ1) is 13.5. The Hall–Kier alpha value is -1.55. The topological polar surface area (TPSA) is 57.9 Å². The number of benzene rings is 1. The zero-order valence-corrected chi connectivity index (χ0v) is 9.56. The van der Waals surface area contributed by atoms with Gasteiger partial charge in [0.25, 0.3) is 0 Å². The van der Waals surface area contributed by atoms with Crippen LogP contribution >= 0.6 is 0 Å². The second-order valence-electron chi connectivity index (χ2n) is 3.22. The normalized spacial score (nSPS) is 12.2. The van der Waals surface area contributed by atoms with Crippen molar-refractivity contribution in [3.8, 4) is 6.07 Å². The molecule has 0 bridgehead atoms. The Balaban J connectivity index is 3.53. The number of hydrogen-bond donors (Lipinski definition) is 0. The predicted molar refractivity (Wildman–Crippen MR) is 53.9 cm³/mol. The first-order chi connectivity index (χ1) is 7.72. The fraction of sp³-hybridized carbons (Fsp3) is 0.300. The second kappa shape index (κ2) is 4.37. The lowest BCUT2D eigenvalue weighted by molar-refractivity contribution is -0.137. The highest BCUT2D eigenvalue weighted by Crippen LogP contribution is 2.31. The molecule has 1 aromatic carbocycles. The molecule has 0 N–H and O–H groups in total. The molecule has 0 amide bonds. The molecule has 0 saturated carbocycles. The molecular formula is C10H8F3NO2S. The minimum Gasteiger partial charge on any atom is -0.224 e. The molecule has 0 heterocycles. The number of alkyl halides is 3. The van der Waals surface area contributed by atoms with Crippen molar-refractivity contribution in [1.29, 1.82) is 5.26 Å². The van der Waals surface area contributed by atoms with Crippen molar-refractivity contribution in [1.82, 2.24) is 0 Å². The number of rotatable bonds is 2. The van der Waals surface area contributed by atoms with Crippen LogP contribution in [0.1, 0.15) is 18.1 Å². The minimum absolute atomic E-state index is 0.278. The SMILES string of the molecule is CCS(=O)(=O)c1cc(C(F)(F)F)ccc1C#N. The van der Waals surface area contributed by atoms with Crippen molar-refractivity contribution in [2.24, 2.45) is 0 Å². The maximum Gasteiger partial charge on any atom is 0.416 e. The highest BCUT2D eigenvalue weighted by Gasteiger charge is 2.32. The molecule has 7 heteroatoms. The lowest BCUT2D eigenvalue weighted by Crippen LogP contribution is -2.10. The van der Waals surface area contributed by atoms with Gasteiger partial charge in [0.1, 0.15) is 6.07 Å². The van der Waals surface area contributed by atoms with Crippen LogP contribution in [0.2, 0.25) is 0 Å². The van der Waals surface area contributed by atoms with Gasteiger partial charge in [-0.1, -0.05) is 6.92 Å². The number of hydrogen-bond acceptors (Lipinski definition) is 3. The average molecular weight is 263 g/mol. The molecule has 1 rings (SSSR count). The summed E-state index contributed by atoms with van der Waals surface area (Å²) in [5.74, 6) is -0.358. The summed E-state index contributed by atoms with van der Waals surface area (Å²) >= 11 is 0. The van der Waals surface area contributed by atoms with E-state index in [-0.39, 0.29) is 11.3 Å². The maximum absolute atomic E-state index is 12.4. The largest absolute Gasteiger partial charge is 0.416 e. The Kier molecular flexibility index (Phi) is 3.48. The fourth-order valence-electron chi connectivity index (χ4n) is 1.20. The summed E-state index contributed by atoms with van der Waals surface area (Å²) < 4.78 is 60.3. The first-order valence-corrected chi connectivity index (χ1v) is 6.21. The molecule has 0 radical (unpaired) electrons. The standard InChI is InChI=1S/C10H8F3NO2S/c1-2-17(15,16)9-5-8(10(11,12)13)4-3-7(9)6-14/h3-5H,2H2,1H3. The third kappa shape index (κ3) is 2.77. The molecule has 0 fully saturated rings. The first-order valence-electron chi connectivity index (χ1n) is 4.56. The van der Waals surface area contributed by atoms with Gasteiger partial charge in [-0.3, -0.25) is 0 Å². The molecule has 92 valence electrons. The van der Waals surface area contributed by atoms with Gasteiger partial charge in [0.05, 0.1) is 21.8 Å². The zero-order valence-electron chi connectivity index (χ0n) is 8.75. The molecule has 0 spiro atoms. The van der Waals surface area contributed by atoms with Crippen LogP contribution in [-0.2, 0) is 16.0 Å². The molecule has 0 aliphatic heterocycles. The molecule has 0 aliphatic carbocycles. The molecule has 0 atom stereocenters. The Morgan fingerprint density at radius 1 is 1.35 bits per heavy atom. The Morgan fingerprint density at radius 3 is 2.35 bits per heavy atom. The molecule has 1 aromatic rings. The van der Waals surface area contributed by atoms with Crippen LogP contribution in [0.4, 0.5) is 13.2 Å². The maximum atomic E-state index is 12.4. The lowest BCUT2D eigenvalue weighted by Gasteiger charge is -2.09. The van der Waals surface area contributed by atoms with E-state index in [0.717, 1.165) is 6.07 Å². The summed E-state index contributed by atoms with van der Waals surface area (Å²) in [6, 6.07) is 3.62. The number of halogens is 3. The van der Waals surface area contributed by atoms with Crippen LogP contribution in [0.5, 0.6) is 0 Å². The summed E-state index contributed by atoms with van der Waals surface area (Å²) in [6.07, 6.45) is -4.63. The van der Waals surface area contributed by atoms with E-state index in [1.165, 1.54) is 6.92 Å². The van der Waals surface area contributed by atoms with Gasteiger partial charge in [0.2, 0.25) is 0 Å². The van der Waals surface area contributed by atoms with Crippen molar-refractivity contribution < 1.29 is 21.6 Å². The van der Waals surface area contributed by atoms with Gasteiger partial charge in [0, 0.05) is 0 Å². The van der Waals surface area contributed by atoms with Gasteiger partial charge in [-0.25, -0.2) is 8.42 Å². The monoisotopic (exact) mass is 263 g/mol. The summed E-state index contributed by atoms with van der Waals surface area (Å²) in [4.78, 5) is -0.572. The van der Waals surface area contributed by atoms with Crippen LogP contribution in [0.3, 0.4) is 0 Å². The van der Waals surface area contributed by atoms with Crippen LogP contribution < -0.4 is 0 Å². The Bertz CT molecular complexity index is 570. The van der Waals surface area contributed by atoms with Gasteiger partial charge >= 0.3 is 6.18 Å².